The fraction of sp³-hybridized carbons (Fsp3) is 0.300. The van der Waals surface area contributed by atoms with E-state index in [1.165, 1.54) is 26.4 Å². The van der Waals surface area contributed by atoms with Gasteiger partial charge >= 0.3 is 5.97 Å². The van der Waals surface area contributed by atoms with Crippen LogP contribution in [0.5, 0.6) is 11.5 Å². The van der Waals surface area contributed by atoms with E-state index in [4.69, 9.17) is 4.74 Å². The van der Waals surface area contributed by atoms with Gasteiger partial charge in [0.15, 0.2) is 11.5 Å². The number of carbonyl (C=O) groups is 1. The number of phenolic OH excluding ortho intramolecular Hbond substituents is 1. The topological polar surface area (TPSA) is 55.8 Å². The number of aromatic hydroxyl groups is 1. The average Bonchev–Trinajstić information content (AvgIpc) is 2.17. The molecule has 0 aliphatic carbocycles. The lowest BCUT2D eigenvalue weighted by molar-refractivity contribution is 0.0599. The van der Waals surface area contributed by atoms with Crippen LogP contribution in [0.15, 0.2) is 12.1 Å². The summed E-state index contributed by atoms with van der Waals surface area (Å²) in [5.41, 5.74) is 1.04. The molecule has 0 atom stereocenters. The van der Waals surface area contributed by atoms with Crippen LogP contribution in [0.3, 0.4) is 0 Å². The second kappa shape index (κ2) is 4.00. The molecule has 4 nitrogen and oxygen atoms in total. The maximum atomic E-state index is 11.3. The summed E-state index contributed by atoms with van der Waals surface area (Å²) in [6, 6.07) is 2.92. The number of carbonyl (C=O) groups excluding carboxylic acids is 1. The van der Waals surface area contributed by atoms with E-state index in [2.05, 4.69) is 4.74 Å². The van der Waals surface area contributed by atoms with Gasteiger partial charge in [-0.05, 0) is 24.6 Å². The summed E-state index contributed by atoms with van der Waals surface area (Å²) in [6.07, 6.45) is 0. The molecular weight excluding hydrogens is 184 g/mol. The third-order valence-corrected chi connectivity index (χ3v) is 1.93. The molecule has 76 valence electrons. The second-order valence-corrected chi connectivity index (χ2v) is 2.83. The molecule has 1 rings (SSSR count). The Morgan fingerprint density at radius 1 is 1.36 bits per heavy atom. The minimum Gasteiger partial charge on any atom is -0.504 e. The average molecular weight is 196 g/mol. The Bertz CT molecular complexity index is 357. The lowest BCUT2D eigenvalue weighted by Gasteiger charge is -2.08. The van der Waals surface area contributed by atoms with Crippen LogP contribution in [0.1, 0.15) is 15.9 Å². The van der Waals surface area contributed by atoms with Gasteiger partial charge in [-0.3, -0.25) is 0 Å². The molecule has 0 spiro atoms. The smallest absolute Gasteiger partial charge is 0.338 e. The van der Waals surface area contributed by atoms with E-state index in [0.29, 0.717) is 11.1 Å². The van der Waals surface area contributed by atoms with Crippen LogP contribution in [0, 0.1) is 6.92 Å². The molecular formula is C10H12O4. The predicted octanol–water partition coefficient (Wildman–Crippen LogP) is 1.50. The molecule has 4 heteroatoms. The first kappa shape index (κ1) is 10.4. The van der Waals surface area contributed by atoms with Crippen LogP contribution in [-0.2, 0) is 4.74 Å². The highest BCUT2D eigenvalue weighted by Crippen LogP contribution is 2.29. The molecule has 14 heavy (non-hydrogen) atoms. The van der Waals surface area contributed by atoms with Crippen molar-refractivity contribution in [3.05, 3.63) is 23.3 Å². The molecule has 0 aliphatic heterocycles. The van der Waals surface area contributed by atoms with Gasteiger partial charge in [-0.2, -0.15) is 0 Å². The number of phenols is 1. The highest BCUT2D eigenvalue weighted by atomic mass is 16.5. The molecule has 1 aromatic carbocycles. The number of rotatable bonds is 2. The summed E-state index contributed by atoms with van der Waals surface area (Å²) in [7, 11) is 2.73. The van der Waals surface area contributed by atoms with Crippen molar-refractivity contribution in [2.24, 2.45) is 0 Å². The minimum absolute atomic E-state index is 0.0117. The Hall–Kier alpha value is -1.71. The maximum Gasteiger partial charge on any atom is 0.338 e. The minimum atomic E-state index is -0.444. The molecule has 0 heterocycles. The van der Waals surface area contributed by atoms with E-state index in [-0.39, 0.29) is 11.5 Å². The zero-order valence-electron chi connectivity index (χ0n) is 8.33. The van der Waals surface area contributed by atoms with Gasteiger partial charge in [0.25, 0.3) is 0 Å². The predicted molar refractivity (Wildman–Crippen MR) is 50.7 cm³/mol. The zero-order valence-corrected chi connectivity index (χ0v) is 8.33. The molecule has 0 saturated heterocycles. The summed E-state index contributed by atoms with van der Waals surface area (Å²) >= 11 is 0. The van der Waals surface area contributed by atoms with Gasteiger partial charge in [-0.15, -0.1) is 0 Å². The van der Waals surface area contributed by atoms with Crippen molar-refractivity contribution in [3.8, 4) is 11.5 Å². The van der Waals surface area contributed by atoms with Gasteiger partial charge in [0.1, 0.15) is 0 Å². The van der Waals surface area contributed by atoms with Crippen molar-refractivity contribution >= 4 is 5.97 Å². The van der Waals surface area contributed by atoms with E-state index in [0.717, 1.165) is 0 Å². The molecule has 1 aromatic rings. The molecule has 0 amide bonds. The number of benzene rings is 1. The Balaban J connectivity index is 3.24. The Labute approximate surface area is 82.1 Å². The van der Waals surface area contributed by atoms with Crippen molar-refractivity contribution in [2.75, 3.05) is 14.2 Å². The highest BCUT2D eigenvalue weighted by Gasteiger charge is 2.13. The second-order valence-electron chi connectivity index (χ2n) is 2.83. The van der Waals surface area contributed by atoms with Crippen molar-refractivity contribution < 1.29 is 19.4 Å². The number of hydrogen-bond acceptors (Lipinski definition) is 4. The number of esters is 1. The molecule has 0 aliphatic rings. The van der Waals surface area contributed by atoms with Crippen LogP contribution in [0.4, 0.5) is 0 Å². The van der Waals surface area contributed by atoms with Crippen molar-refractivity contribution in [1.29, 1.82) is 0 Å². The fourth-order valence-corrected chi connectivity index (χ4v) is 1.17. The molecule has 0 unspecified atom stereocenters. The van der Waals surface area contributed by atoms with Gasteiger partial charge in [0.05, 0.1) is 19.8 Å². The lowest BCUT2D eigenvalue weighted by atomic mass is 10.1. The number of aryl methyl sites for hydroxylation is 1. The number of hydrogen-bond donors (Lipinski definition) is 1. The van der Waals surface area contributed by atoms with E-state index >= 15 is 0 Å². The SMILES string of the molecule is COC(=O)c1cc(OC)c(O)cc1C. The van der Waals surface area contributed by atoms with Gasteiger partial charge in [-0.1, -0.05) is 0 Å². The summed E-state index contributed by atoms with van der Waals surface area (Å²) < 4.78 is 9.46. The van der Waals surface area contributed by atoms with Crippen LogP contribution in [-0.4, -0.2) is 25.3 Å². The Morgan fingerprint density at radius 2 is 2.00 bits per heavy atom. The van der Waals surface area contributed by atoms with E-state index in [1.54, 1.807) is 6.92 Å². The summed E-state index contributed by atoms with van der Waals surface area (Å²) in [6.45, 7) is 1.71. The summed E-state index contributed by atoms with van der Waals surface area (Å²) in [5, 5.41) is 9.39. The first-order chi connectivity index (χ1) is 6.60. The first-order valence-corrected chi connectivity index (χ1v) is 4.06. The van der Waals surface area contributed by atoms with E-state index < -0.39 is 5.97 Å². The van der Waals surface area contributed by atoms with Crippen molar-refractivity contribution in [3.63, 3.8) is 0 Å². The Kier molecular flexibility index (Phi) is 2.96. The lowest BCUT2D eigenvalue weighted by Crippen LogP contribution is -2.04. The Morgan fingerprint density at radius 3 is 2.50 bits per heavy atom. The van der Waals surface area contributed by atoms with Crippen molar-refractivity contribution in [2.45, 2.75) is 6.92 Å². The first-order valence-electron chi connectivity index (χ1n) is 4.06. The standard InChI is InChI=1S/C10H12O4/c1-6-4-8(11)9(13-2)5-7(6)10(12)14-3/h4-5,11H,1-3H3. The highest BCUT2D eigenvalue weighted by molar-refractivity contribution is 5.91. The molecule has 0 radical (unpaired) electrons. The maximum absolute atomic E-state index is 11.3. The molecule has 0 fully saturated rings. The third-order valence-electron chi connectivity index (χ3n) is 1.93. The van der Waals surface area contributed by atoms with E-state index in [9.17, 15) is 9.90 Å². The molecule has 0 aromatic heterocycles. The molecule has 0 saturated carbocycles. The molecule has 1 N–H and O–H groups in total. The van der Waals surface area contributed by atoms with E-state index in [1.807, 2.05) is 0 Å². The van der Waals surface area contributed by atoms with Gasteiger partial charge in [0, 0.05) is 0 Å². The van der Waals surface area contributed by atoms with Crippen LogP contribution in [0.25, 0.3) is 0 Å². The van der Waals surface area contributed by atoms with Gasteiger partial charge in [-0.25, -0.2) is 4.79 Å². The normalized spacial score (nSPS) is 9.64. The number of ether oxygens (including phenoxy) is 2. The summed E-state index contributed by atoms with van der Waals surface area (Å²) in [5.74, 6) is -0.172. The third kappa shape index (κ3) is 1.79. The fourth-order valence-electron chi connectivity index (χ4n) is 1.17. The van der Waals surface area contributed by atoms with Crippen molar-refractivity contribution in [1.82, 2.24) is 0 Å². The largest absolute Gasteiger partial charge is 0.504 e. The zero-order chi connectivity index (χ0) is 10.7. The monoisotopic (exact) mass is 196 g/mol. The van der Waals surface area contributed by atoms with Crippen LogP contribution < -0.4 is 4.74 Å². The van der Waals surface area contributed by atoms with Crippen LogP contribution >= 0.6 is 0 Å². The number of methoxy groups -OCH3 is 2. The summed E-state index contributed by atoms with van der Waals surface area (Å²) in [4.78, 5) is 11.3. The molecule has 0 bridgehead atoms. The van der Waals surface area contributed by atoms with Gasteiger partial charge in [0.2, 0.25) is 0 Å². The van der Waals surface area contributed by atoms with Crippen LogP contribution in [0.2, 0.25) is 0 Å². The van der Waals surface area contributed by atoms with Gasteiger partial charge < -0.3 is 14.6 Å². The quantitative estimate of drug-likeness (QED) is 0.728.